The van der Waals surface area contributed by atoms with Crippen molar-refractivity contribution in [2.75, 3.05) is 11.9 Å². The molecular formula is C14H13N3O3S. The summed E-state index contributed by atoms with van der Waals surface area (Å²) < 4.78 is 5.50. The Morgan fingerprint density at radius 3 is 3.00 bits per heavy atom. The van der Waals surface area contributed by atoms with Gasteiger partial charge in [-0.3, -0.25) is 0 Å². The first-order chi connectivity index (χ1) is 10.1. The predicted molar refractivity (Wildman–Crippen MR) is 80.0 cm³/mol. The summed E-state index contributed by atoms with van der Waals surface area (Å²) in [5.41, 5.74) is 2.31. The van der Waals surface area contributed by atoms with E-state index in [1.165, 1.54) is 12.1 Å². The van der Waals surface area contributed by atoms with Gasteiger partial charge in [0.15, 0.2) is 5.58 Å². The normalized spacial score (nSPS) is 10.9. The number of aromatic carboxylic acids is 1. The number of benzene rings is 1. The number of aryl methyl sites for hydroxylation is 1. The molecule has 3 rings (SSSR count). The standard InChI is InChI=1S/C14H13N3O3S/c1-8-16-10(7-21-8)4-5-15-14-17-11-3-2-9(13(18)19)6-12(11)20-14/h2-3,6-7H,4-5H2,1H3,(H,15,17)(H,18,19). The summed E-state index contributed by atoms with van der Waals surface area (Å²) in [6.07, 6.45) is 0.781. The molecule has 108 valence electrons. The molecule has 0 aliphatic rings. The number of anilines is 1. The van der Waals surface area contributed by atoms with E-state index in [1.54, 1.807) is 17.4 Å². The molecule has 0 unspecified atom stereocenters. The van der Waals surface area contributed by atoms with Crippen molar-refractivity contribution < 1.29 is 14.3 Å². The van der Waals surface area contributed by atoms with E-state index in [1.807, 2.05) is 12.3 Å². The van der Waals surface area contributed by atoms with Crippen LogP contribution in [0.3, 0.4) is 0 Å². The molecule has 0 saturated carbocycles. The Morgan fingerprint density at radius 2 is 2.29 bits per heavy atom. The van der Waals surface area contributed by atoms with E-state index in [0.717, 1.165) is 17.1 Å². The summed E-state index contributed by atoms with van der Waals surface area (Å²) >= 11 is 1.63. The zero-order valence-corrected chi connectivity index (χ0v) is 12.1. The smallest absolute Gasteiger partial charge is 0.335 e. The number of thiazole rings is 1. The third kappa shape index (κ3) is 3.03. The highest BCUT2D eigenvalue weighted by atomic mass is 32.1. The summed E-state index contributed by atoms with van der Waals surface area (Å²) in [4.78, 5) is 19.5. The Morgan fingerprint density at radius 1 is 1.43 bits per heavy atom. The van der Waals surface area contributed by atoms with Gasteiger partial charge in [0.25, 0.3) is 6.01 Å². The highest BCUT2D eigenvalue weighted by molar-refractivity contribution is 7.09. The number of carboxylic acid groups (broad SMARTS) is 1. The van der Waals surface area contributed by atoms with Gasteiger partial charge in [-0.1, -0.05) is 0 Å². The van der Waals surface area contributed by atoms with Crippen LogP contribution in [0.2, 0.25) is 0 Å². The monoisotopic (exact) mass is 303 g/mol. The van der Waals surface area contributed by atoms with E-state index in [9.17, 15) is 4.79 Å². The van der Waals surface area contributed by atoms with Crippen LogP contribution in [-0.4, -0.2) is 27.6 Å². The largest absolute Gasteiger partial charge is 0.478 e. The van der Waals surface area contributed by atoms with Crippen LogP contribution >= 0.6 is 11.3 Å². The van der Waals surface area contributed by atoms with Crippen LogP contribution in [0.5, 0.6) is 0 Å². The molecule has 0 radical (unpaired) electrons. The number of aromatic nitrogens is 2. The summed E-state index contributed by atoms with van der Waals surface area (Å²) in [6, 6.07) is 5.01. The molecule has 6 nitrogen and oxygen atoms in total. The van der Waals surface area contributed by atoms with Gasteiger partial charge in [-0.15, -0.1) is 11.3 Å². The zero-order valence-electron chi connectivity index (χ0n) is 11.3. The van der Waals surface area contributed by atoms with Gasteiger partial charge in [-0.05, 0) is 25.1 Å². The van der Waals surface area contributed by atoms with Crippen LogP contribution in [-0.2, 0) is 6.42 Å². The topological polar surface area (TPSA) is 88.2 Å². The van der Waals surface area contributed by atoms with E-state index in [4.69, 9.17) is 9.52 Å². The van der Waals surface area contributed by atoms with E-state index >= 15 is 0 Å². The minimum absolute atomic E-state index is 0.183. The lowest BCUT2D eigenvalue weighted by atomic mass is 10.2. The highest BCUT2D eigenvalue weighted by Crippen LogP contribution is 2.20. The molecular weight excluding hydrogens is 290 g/mol. The molecule has 2 aromatic heterocycles. The van der Waals surface area contributed by atoms with Crippen molar-refractivity contribution in [1.29, 1.82) is 0 Å². The molecule has 0 spiro atoms. The van der Waals surface area contributed by atoms with Gasteiger partial charge in [0.1, 0.15) is 5.52 Å². The number of rotatable bonds is 5. The first-order valence-electron chi connectivity index (χ1n) is 6.40. The van der Waals surface area contributed by atoms with Crippen molar-refractivity contribution in [3.05, 3.63) is 39.8 Å². The fourth-order valence-electron chi connectivity index (χ4n) is 1.95. The van der Waals surface area contributed by atoms with Crippen LogP contribution in [0, 0.1) is 6.92 Å². The molecule has 21 heavy (non-hydrogen) atoms. The van der Waals surface area contributed by atoms with Crippen molar-refractivity contribution in [3.63, 3.8) is 0 Å². The number of hydrogen-bond acceptors (Lipinski definition) is 6. The van der Waals surface area contributed by atoms with Crippen molar-refractivity contribution in [2.45, 2.75) is 13.3 Å². The number of hydrogen-bond donors (Lipinski definition) is 2. The minimum Gasteiger partial charge on any atom is -0.478 e. The zero-order chi connectivity index (χ0) is 14.8. The number of carbonyl (C=O) groups is 1. The third-order valence-electron chi connectivity index (χ3n) is 2.96. The van der Waals surface area contributed by atoms with E-state index < -0.39 is 5.97 Å². The second-order valence-corrected chi connectivity index (χ2v) is 5.60. The highest BCUT2D eigenvalue weighted by Gasteiger charge is 2.09. The molecule has 0 fully saturated rings. The predicted octanol–water partition coefficient (Wildman–Crippen LogP) is 2.95. The maximum atomic E-state index is 10.9. The van der Waals surface area contributed by atoms with Crippen LogP contribution in [0.4, 0.5) is 6.01 Å². The second-order valence-electron chi connectivity index (χ2n) is 4.54. The Kier molecular flexibility index (Phi) is 3.57. The fourth-order valence-corrected chi connectivity index (χ4v) is 2.60. The molecule has 1 aromatic carbocycles. The Bertz CT molecular complexity index is 794. The molecule has 0 atom stereocenters. The lowest BCUT2D eigenvalue weighted by molar-refractivity contribution is 0.0697. The first kappa shape index (κ1) is 13.6. The van der Waals surface area contributed by atoms with Gasteiger partial charge in [0.2, 0.25) is 0 Å². The summed E-state index contributed by atoms with van der Waals surface area (Å²) in [7, 11) is 0. The van der Waals surface area contributed by atoms with Crippen LogP contribution < -0.4 is 5.32 Å². The lowest BCUT2D eigenvalue weighted by Crippen LogP contribution is -2.05. The van der Waals surface area contributed by atoms with Gasteiger partial charge in [0.05, 0.1) is 16.3 Å². The average molecular weight is 303 g/mol. The minimum atomic E-state index is -0.985. The lowest BCUT2D eigenvalue weighted by Gasteiger charge is -1.98. The Hall–Kier alpha value is -2.41. The van der Waals surface area contributed by atoms with Crippen molar-refractivity contribution in [1.82, 2.24) is 9.97 Å². The fraction of sp³-hybridized carbons (Fsp3) is 0.214. The van der Waals surface area contributed by atoms with Gasteiger partial charge >= 0.3 is 5.97 Å². The first-order valence-corrected chi connectivity index (χ1v) is 7.28. The second kappa shape index (κ2) is 5.53. The van der Waals surface area contributed by atoms with Gasteiger partial charge in [-0.25, -0.2) is 9.78 Å². The van der Waals surface area contributed by atoms with Crippen molar-refractivity contribution in [2.24, 2.45) is 0 Å². The number of carboxylic acids is 1. The van der Waals surface area contributed by atoms with Crippen molar-refractivity contribution in [3.8, 4) is 0 Å². The quantitative estimate of drug-likeness (QED) is 0.753. The maximum Gasteiger partial charge on any atom is 0.335 e. The molecule has 0 bridgehead atoms. The van der Waals surface area contributed by atoms with E-state index in [2.05, 4.69) is 15.3 Å². The Labute approximate surface area is 124 Å². The number of nitrogens with one attached hydrogen (secondary N) is 1. The summed E-state index contributed by atoms with van der Waals surface area (Å²) in [5.74, 6) is -0.985. The van der Waals surface area contributed by atoms with E-state index in [-0.39, 0.29) is 5.56 Å². The molecule has 2 heterocycles. The van der Waals surface area contributed by atoms with Crippen LogP contribution in [0.25, 0.3) is 11.1 Å². The third-order valence-corrected chi connectivity index (χ3v) is 3.78. The van der Waals surface area contributed by atoms with Crippen LogP contribution in [0.1, 0.15) is 21.1 Å². The molecule has 0 aliphatic carbocycles. The van der Waals surface area contributed by atoms with Gasteiger partial charge in [0, 0.05) is 18.3 Å². The van der Waals surface area contributed by atoms with E-state index in [0.29, 0.717) is 23.7 Å². The summed E-state index contributed by atoms with van der Waals surface area (Å²) in [6.45, 7) is 2.63. The molecule has 0 aliphatic heterocycles. The Balaban J connectivity index is 1.68. The molecule has 0 saturated heterocycles. The maximum absolute atomic E-state index is 10.9. The molecule has 2 N–H and O–H groups in total. The van der Waals surface area contributed by atoms with Crippen LogP contribution in [0.15, 0.2) is 28.0 Å². The summed E-state index contributed by atoms with van der Waals surface area (Å²) in [5, 5.41) is 15.1. The SMILES string of the molecule is Cc1nc(CCNc2nc3ccc(C(=O)O)cc3o2)cs1. The number of oxazole rings is 1. The van der Waals surface area contributed by atoms with Crippen molar-refractivity contribution >= 4 is 34.4 Å². The molecule has 3 aromatic rings. The molecule has 0 amide bonds. The van der Waals surface area contributed by atoms with Gasteiger partial charge < -0.3 is 14.8 Å². The average Bonchev–Trinajstić information content (AvgIpc) is 3.03. The number of nitrogens with zero attached hydrogens (tertiary/aromatic N) is 2. The van der Waals surface area contributed by atoms with Gasteiger partial charge in [-0.2, -0.15) is 4.98 Å². The molecule has 7 heteroatoms. The number of fused-ring (bicyclic) bond motifs is 1.